The van der Waals surface area contributed by atoms with E-state index in [1.54, 1.807) is 37.0 Å². The van der Waals surface area contributed by atoms with Crippen LogP contribution in [0.15, 0.2) is 42.5 Å². The van der Waals surface area contributed by atoms with Gasteiger partial charge in [0.25, 0.3) is 5.91 Å². The number of aliphatic hydroxyl groups excluding tert-OH is 1. The van der Waals surface area contributed by atoms with E-state index in [1.165, 1.54) is 4.90 Å². The first-order valence-corrected chi connectivity index (χ1v) is 11.7. The third-order valence-corrected chi connectivity index (χ3v) is 7.65. The SMILES string of the molecule is Cc1ccc(C)c(N2CC=C[C@]34O[C@]5(C)C=CCOC(=O)[C@@H]5[C@H]3C(=O)N([C@H](C)CO)C4C2=O)c1. The summed E-state index contributed by atoms with van der Waals surface area (Å²) >= 11 is 0. The molecule has 180 valence electrons. The van der Waals surface area contributed by atoms with Crippen molar-refractivity contribution in [2.24, 2.45) is 11.8 Å². The molecule has 6 atom stereocenters. The van der Waals surface area contributed by atoms with Crippen LogP contribution in [0.3, 0.4) is 0 Å². The molecule has 0 saturated carbocycles. The largest absolute Gasteiger partial charge is 0.461 e. The molecule has 0 bridgehead atoms. The smallest absolute Gasteiger partial charge is 0.313 e. The highest BCUT2D eigenvalue weighted by molar-refractivity contribution is 6.06. The molecule has 2 saturated heterocycles. The predicted octanol–water partition coefficient (Wildman–Crippen LogP) is 1.67. The Morgan fingerprint density at radius 1 is 1.12 bits per heavy atom. The van der Waals surface area contributed by atoms with Crippen molar-refractivity contribution in [2.45, 2.75) is 51.0 Å². The van der Waals surface area contributed by atoms with Gasteiger partial charge in [0.1, 0.15) is 24.2 Å². The van der Waals surface area contributed by atoms with Crippen LogP contribution in [0.4, 0.5) is 5.69 Å². The lowest BCUT2D eigenvalue weighted by molar-refractivity contribution is -0.157. The number of carbonyl (C=O) groups is 3. The number of carbonyl (C=O) groups excluding carboxylic acids is 3. The third-order valence-electron chi connectivity index (χ3n) is 7.65. The van der Waals surface area contributed by atoms with Gasteiger partial charge in [0.05, 0.1) is 24.2 Å². The van der Waals surface area contributed by atoms with Crippen LogP contribution >= 0.6 is 0 Å². The van der Waals surface area contributed by atoms with Crippen molar-refractivity contribution in [1.29, 1.82) is 0 Å². The number of hydrogen-bond donors (Lipinski definition) is 1. The number of hydrogen-bond acceptors (Lipinski definition) is 6. The average molecular weight is 467 g/mol. The number of rotatable bonds is 3. The number of amides is 2. The van der Waals surface area contributed by atoms with E-state index < -0.39 is 41.1 Å². The molecule has 4 aliphatic heterocycles. The molecular formula is C26H30N2O6. The fourth-order valence-electron chi connectivity index (χ4n) is 6.08. The van der Waals surface area contributed by atoms with Gasteiger partial charge in [-0.15, -0.1) is 0 Å². The van der Waals surface area contributed by atoms with E-state index in [1.807, 2.05) is 38.1 Å². The van der Waals surface area contributed by atoms with Crippen molar-refractivity contribution in [3.63, 3.8) is 0 Å². The fourth-order valence-corrected chi connectivity index (χ4v) is 6.08. The van der Waals surface area contributed by atoms with E-state index in [9.17, 15) is 19.5 Å². The van der Waals surface area contributed by atoms with Crippen molar-refractivity contribution in [3.8, 4) is 0 Å². The molecule has 34 heavy (non-hydrogen) atoms. The van der Waals surface area contributed by atoms with Crippen molar-refractivity contribution < 1.29 is 29.0 Å². The van der Waals surface area contributed by atoms with Gasteiger partial charge >= 0.3 is 5.97 Å². The molecule has 1 aromatic carbocycles. The van der Waals surface area contributed by atoms with E-state index in [4.69, 9.17) is 9.47 Å². The van der Waals surface area contributed by atoms with Crippen LogP contribution in [0, 0.1) is 25.7 Å². The first-order chi connectivity index (χ1) is 16.1. The lowest BCUT2D eigenvalue weighted by Gasteiger charge is -2.39. The zero-order valence-electron chi connectivity index (χ0n) is 19.9. The van der Waals surface area contributed by atoms with Gasteiger partial charge in [-0.05, 0) is 51.0 Å². The zero-order valence-corrected chi connectivity index (χ0v) is 19.9. The van der Waals surface area contributed by atoms with Gasteiger partial charge in [-0.25, -0.2) is 0 Å². The standard InChI is InChI=1S/C26H30N2O6/c1-15-7-8-16(2)18(13-15)27-11-5-10-26-19(20-24(32)33-12-6-9-25(20,4)34-26)22(30)28(17(3)14-29)21(26)23(27)31/h5-10,13,17,19-21,29H,11-12,14H2,1-4H3/t17-,19+,20+,21?,25-,26+/m1/s1. The number of cyclic esters (lactones) is 1. The number of benzene rings is 1. The number of anilines is 1. The number of aliphatic hydroxyl groups is 1. The highest BCUT2D eigenvalue weighted by Crippen LogP contribution is 2.57. The summed E-state index contributed by atoms with van der Waals surface area (Å²) in [7, 11) is 0. The molecule has 4 aliphatic rings. The Bertz CT molecular complexity index is 1130. The third kappa shape index (κ3) is 3.01. The molecule has 2 fully saturated rings. The molecule has 1 spiro atoms. The second-order valence-electron chi connectivity index (χ2n) is 9.95. The van der Waals surface area contributed by atoms with Gasteiger partial charge in [-0.1, -0.05) is 30.4 Å². The summed E-state index contributed by atoms with van der Waals surface area (Å²) in [6, 6.07) is 4.23. The quantitative estimate of drug-likeness (QED) is 0.538. The second kappa shape index (κ2) is 7.78. The van der Waals surface area contributed by atoms with E-state index in [2.05, 4.69) is 0 Å². The maximum Gasteiger partial charge on any atom is 0.313 e. The molecule has 8 nitrogen and oxygen atoms in total. The predicted molar refractivity (Wildman–Crippen MR) is 124 cm³/mol. The number of nitrogens with zero attached hydrogens (tertiary/aromatic N) is 2. The normalized spacial score (nSPS) is 35.4. The molecule has 1 aromatic rings. The maximum absolute atomic E-state index is 14.3. The molecule has 5 rings (SSSR count). The first kappa shape index (κ1) is 22.8. The average Bonchev–Trinajstić information content (AvgIpc) is 3.06. The minimum Gasteiger partial charge on any atom is -0.461 e. The van der Waals surface area contributed by atoms with Gasteiger partial charge in [0, 0.05) is 12.2 Å². The summed E-state index contributed by atoms with van der Waals surface area (Å²) in [6.45, 7) is 7.45. The molecule has 2 amide bonds. The van der Waals surface area contributed by atoms with Gasteiger partial charge in [-0.2, -0.15) is 0 Å². The minimum atomic E-state index is -1.36. The Labute approximate surface area is 198 Å². The summed E-state index contributed by atoms with van der Waals surface area (Å²) in [4.78, 5) is 44.3. The number of likely N-dealkylation sites (tertiary alicyclic amines) is 1. The van der Waals surface area contributed by atoms with Crippen molar-refractivity contribution in [2.75, 3.05) is 24.7 Å². The summed E-state index contributed by atoms with van der Waals surface area (Å²) in [5.74, 6) is -3.04. The second-order valence-corrected chi connectivity index (χ2v) is 9.95. The lowest BCUT2D eigenvalue weighted by atomic mass is 9.75. The summed E-state index contributed by atoms with van der Waals surface area (Å²) in [5, 5.41) is 9.98. The van der Waals surface area contributed by atoms with Gasteiger partial charge in [-0.3, -0.25) is 14.4 Å². The topological polar surface area (TPSA) is 96.4 Å². The van der Waals surface area contributed by atoms with Gasteiger partial charge in [0.15, 0.2) is 0 Å². The zero-order chi connectivity index (χ0) is 24.4. The van der Waals surface area contributed by atoms with Crippen molar-refractivity contribution in [1.82, 2.24) is 4.90 Å². The Morgan fingerprint density at radius 3 is 2.62 bits per heavy atom. The van der Waals surface area contributed by atoms with Gasteiger partial charge < -0.3 is 24.4 Å². The first-order valence-electron chi connectivity index (χ1n) is 11.7. The Balaban J connectivity index is 1.69. The maximum atomic E-state index is 14.3. The van der Waals surface area contributed by atoms with Crippen LogP contribution in [-0.4, -0.2) is 70.8 Å². The van der Waals surface area contributed by atoms with Crippen LogP contribution < -0.4 is 4.90 Å². The minimum absolute atomic E-state index is 0.109. The summed E-state index contributed by atoms with van der Waals surface area (Å²) in [5.41, 5.74) is 0.250. The highest BCUT2D eigenvalue weighted by Gasteiger charge is 2.75. The molecule has 4 heterocycles. The fraction of sp³-hybridized carbons (Fsp3) is 0.500. The molecule has 1 N–H and O–H groups in total. The van der Waals surface area contributed by atoms with Crippen molar-refractivity contribution >= 4 is 23.5 Å². The van der Waals surface area contributed by atoms with E-state index >= 15 is 0 Å². The van der Waals surface area contributed by atoms with E-state index in [0.717, 1.165) is 16.8 Å². The number of esters is 1. The number of fused-ring (bicyclic) bond motifs is 2. The molecule has 0 aromatic heterocycles. The molecule has 8 heteroatoms. The molecule has 0 aliphatic carbocycles. The van der Waals surface area contributed by atoms with Crippen LogP contribution in [0.2, 0.25) is 0 Å². The van der Waals surface area contributed by atoms with Crippen LogP contribution in [0.1, 0.15) is 25.0 Å². The van der Waals surface area contributed by atoms with Crippen LogP contribution in [-0.2, 0) is 23.9 Å². The Kier molecular flexibility index (Phi) is 5.22. The van der Waals surface area contributed by atoms with E-state index in [0.29, 0.717) is 6.54 Å². The number of aryl methyl sites for hydroxylation is 2. The Morgan fingerprint density at radius 2 is 1.88 bits per heavy atom. The van der Waals surface area contributed by atoms with Crippen LogP contribution in [0.5, 0.6) is 0 Å². The summed E-state index contributed by atoms with van der Waals surface area (Å²) in [6.07, 6.45) is 7.12. The summed E-state index contributed by atoms with van der Waals surface area (Å²) < 4.78 is 12.0. The lowest BCUT2D eigenvalue weighted by Crippen LogP contribution is -2.58. The number of ether oxygens (including phenoxy) is 2. The van der Waals surface area contributed by atoms with Crippen molar-refractivity contribution in [3.05, 3.63) is 53.6 Å². The highest BCUT2D eigenvalue weighted by atomic mass is 16.6. The molecule has 0 radical (unpaired) electrons. The molecular weight excluding hydrogens is 436 g/mol. The molecule has 1 unspecified atom stereocenters. The monoisotopic (exact) mass is 466 g/mol. The Hall–Kier alpha value is -2.97. The van der Waals surface area contributed by atoms with Crippen LogP contribution in [0.25, 0.3) is 0 Å². The van der Waals surface area contributed by atoms with Gasteiger partial charge in [0.2, 0.25) is 5.91 Å². The van der Waals surface area contributed by atoms with E-state index in [-0.39, 0.29) is 25.0 Å².